The van der Waals surface area contributed by atoms with Crippen LogP contribution in [-0.4, -0.2) is 20.4 Å². The van der Waals surface area contributed by atoms with Crippen LogP contribution in [-0.2, 0) is 0 Å². The zero-order chi connectivity index (χ0) is 11.1. The molecule has 1 aliphatic rings. The minimum absolute atomic E-state index is 0.142. The Kier molecular flexibility index (Phi) is 2.84. The maximum atomic E-state index is 14.1. The van der Waals surface area contributed by atoms with Crippen molar-refractivity contribution in [3.05, 3.63) is 12.4 Å². The summed E-state index contributed by atoms with van der Waals surface area (Å²) in [4.78, 5) is 0. The first-order valence-electron chi connectivity index (χ1n) is 4.87. The summed E-state index contributed by atoms with van der Waals surface area (Å²) in [6.45, 7) is 12.2. The normalized spacial score (nSPS) is 19.6. The third kappa shape index (κ3) is 2.20. The predicted molar refractivity (Wildman–Crippen MR) is 60.4 cm³/mol. The minimum Gasteiger partial charge on any atom is -0.308 e. The van der Waals surface area contributed by atoms with Crippen molar-refractivity contribution in [2.75, 3.05) is 0 Å². The quantitative estimate of drug-likeness (QED) is 0.569. The summed E-state index contributed by atoms with van der Waals surface area (Å²) in [7, 11) is -1.71. The molecule has 0 aromatic rings. The van der Waals surface area contributed by atoms with Crippen LogP contribution in [0.1, 0.15) is 41.5 Å². The van der Waals surface area contributed by atoms with Crippen LogP contribution in [0.2, 0.25) is 0 Å². The topological polar surface area (TPSA) is 6.48 Å². The van der Waals surface area contributed by atoms with Crippen LogP contribution in [0.5, 0.6) is 0 Å². The molecular formula is C10H20FN2P. The molecule has 0 saturated carbocycles. The fourth-order valence-electron chi connectivity index (χ4n) is 1.28. The number of nitrogens with zero attached hydrogens (tertiary/aromatic N) is 2. The first kappa shape index (κ1) is 11.8. The Morgan fingerprint density at radius 2 is 1.14 bits per heavy atom. The molecule has 14 heavy (non-hydrogen) atoms. The third-order valence-electron chi connectivity index (χ3n) is 2.08. The molecule has 1 rings (SSSR count). The van der Waals surface area contributed by atoms with Crippen molar-refractivity contribution >= 4 is 8.53 Å². The van der Waals surface area contributed by atoms with Gasteiger partial charge in [-0.2, -0.15) is 4.20 Å². The maximum absolute atomic E-state index is 14.1. The van der Waals surface area contributed by atoms with E-state index in [1.165, 1.54) is 0 Å². The molecule has 0 radical (unpaired) electrons. The number of halogens is 1. The van der Waals surface area contributed by atoms with E-state index in [0.717, 1.165) is 0 Å². The first-order chi connectivity index (χ1) is 6.14. The summed E-state index contributed by atoms with van der Waals surface area (Å²) >= 11 is 0. The summed E-state index contributed by atoms with van der Waals surface area (Å²) in [5.74, 6) is 0. The van der Waals surface area contributed by atoms with Gasteiger partial charge in [0, 0.05) is 23.5 Å². The smallest absolute Gasteiger partial charge is 0.293 e. The molecule has 1 aliphatic heterocycles. The maximum Gasteiger partial charge on any atom is 0.293 e. The highest BCUT2D eigenvalue weighted by molar-refractivity contribution is 7.47. The van der Waals surface area contributed by atoms with Crippen molar-refractivity contribution < 1.29 is 4.20 Å². The van der Waals surface area contributed by atoms with Crippen LogP contribution in [0, 0.1) is 0 Å². The lowest BCUT2D eigenvalue weighted by Crippen LogP contribution is -2.36. The van der Waals surface area contributed by atoms with Gasteiger partial charge in [0.05, 0.1) is 0 Å². The van der Waals surface area contributed by atoms with Crippen molar-refractivity contribution in [3.8, 4) is 0 Å². The van der Waals surface area contributed by atoms with Crippen molar-refractivity contribution in [2.45, 2.75) is 52.6 Å². The molecule has 0 bridgehead atoms. The minimum atomic E-state index is -1.71. The molecule has 0 unspecified atom stereocenters. The highest BCUT2D eigenvalue weighted by Crippen LogP contribution is 2.56. The second-order valence-electron chi connectivity index (χ2n) is 5.57. The average Bonchev–Trinajstić information content (AvgIpc) is 2.26. The lowest BCUT2D eigenvalue weighted by molar-refractivity contribution is 0.293. The molecule has 1 heterocycles. The van der Waals surface area contributed by atoms with E-state index in [4.69, 9.17) is 0 Å². The van der Waals surface area contributed by atoms with Gasteiger partial charge in [-0.25, -0.2) is 0 Å². The Labute approximate surface area is 87.7 Å². The van der Waals surface area contributed by atoms with Crippen LogP contribution >= 0.6 is 8.53 Å². The van der Waals surface area contributed by atoms with Crippen LogP contribution in [0.3, 0.4) is 0 Å². The van der Waals surface area contributed by atoms with E-state index in [-0.39, 0.29) is 11.1 Å². The first-order valence-corrected chi connectivity index (χ1v) is 6.00. The molecule has 0 aliphatic carbocycles. The zero-order valence-corrected chi connectivity index (χ0v) is 10.8. The van der Waals surface area contributed by atoms with Crippen molar-refractivity contribution in [1.82, 2.24) is 9.34 Å². The summed E-state index contributed by atoms with van der Waals surface area (Å²) in [5.41, 5.74) is -0.284. The van der Waals surface area contributed by atoms with Crippen LogP contribution in [0.4, 0.5) is 4.20 Å². The summed E-state index contributed by atoms with van der Waals surface area (Å²) in [6.07, 6.45) is 3.72. The van der Waals surface area contributed by atoms with Crippen molar-refractivity contribution in [1.29, 1.82) is 0 Å². The molecule has 0 fully saturated rings. The second-order valence-corrected chi connectivity index (χ2v) is 6.91. The number of hydrogen-bond donors (Lipinski definition) is 0. The fourth-order valence-corrected chi connectivity index (χ4v) is 2.82. The van der Waals surface area contributed by atoms with Crippen LogP contribution < -0.4 is 0 Å². The van der Waals surface area contributed by atoms with Gasteiger partial charge in [0.15, 0.2) is 0 Å². The predicted octanol–water partition coefficient (Wildman–Crippen LogP) is 3.87. The van der Waals surface area contributed by atoms with Gasteiger partial charge in [0.2, 0.25) is 0 Å². The van der Waals surface area contributed by atoms with E-state index in [1.807, 2.05) is 53.9 Å². The SMILES string of the molecule is CC(C)(C)N1C=CN(C(C)(C)C)P1F. The monoisotopic (exact) mass is 218 g/mol. The lowest BCUT2D eigenvalue weighted by Gasteiger charge is -2.39. The lowest BCUT2D eigenvalue weighted by atomic mass is 10.1. The van der Waals surface area contributed by atoms with Crippen molar-refractivity contribution in [2.24, 2.45) is 0 Å². The Hall–Kier alpha value is -0.300. The summed E-state index contributed by atoms with van der Waals surface area (Å²) in [5, 5.41) is 0. The molecule has 0 aromatic heterocycles. The van der Waals surface area contributed by atoms with Crippen LogP contribution in [0.15, 0.2) is 12.4 Å². The van der Waals surface area contributed by atoms with E-state index >= 15 is 0 Å². The Morgan fingerprint density at radius 1 is 0.857 bits per heavy atom. The van der Waals surface area contributed by atoms with E-state index in [0.29, 0.717) is 0 Å². The molecule has 0 atom stereocenters. The summed E-state index contributed by atoms with van der Waals surface area (Å²) < 4.78 is 17.7. The van der Waals surface area contributed by atoms with Gasteiger partial charge in [-0.15, -0.1) is 0 Å². The van der Waals surface area contributed by atoms with E-state index in [2.05, 4.69) is 0 Å². The second kappa shape index (κ2) is 3.37. The third-order valence-corrected chi connectivity index (χ3v) is 4.26. The van der Waals surface area contributed by atoms with Gasteiger partial charge >= 0.3 is 0 Å². The fraction of sp³-hybridized carbons (Fsp3) is 0.800. The highest BCUT2D eigenvalue weighted by atomic mass is 31.2. The molecule has 0 saturated heterocycles. The Balaban J connectivity index is 2.81. The standard InChI is InChI=1S/C10H20FN2P/c1-9(2,3)12-7-8-13(14(12)11)10(4,5)6/h7-8H,1-6H3. The molecule has 0 aromatic carbocycles. The van der Waals surface area contributed by atoms with E-state index < -0.39 is 8.53 Å². The van der Waals surface area contributed by atoms with Gasteiger partial charge in [0.1, 0.15) is 0 Å². The van der Waals surface area contributed by atoms with Crippen molar-refractivity contribution in [3.63, 3.8) is 0 Å². The number of rotatable bonds is 0. The molecule has 82 valence electrons. The average molecular weight is 218 g/mol. The summed E-state index contributed by atoms with van der Waals surface area (Å²) in [6, 6.07) is 0. The molecule has 2 nitrogen and oxygen atoms in total. The van der Waals surface area contributed by atoms with Gasteiger partial charge in [0.25, 0.3) is 8.53 Å². The van der Waals surface area contributed by atoms with E-state index in [9.17, 15) is 4.20 Å². The molecule has 0 spiro atoms. The molecule has 0 amide bonds. The zero-order valence-electron chi connectivity index (χ0n) is 9.87. The van der Waals surface area contributed by atoms with Gasteiger partial charge < -0.3 is 9.34 Å². The molecular weight excluding hydrogens is 198 g/mol. The largest absolute Gasteiger partial charge is 0.308 e. The van der Waals surface area contributed by atoms with Gasteiger partial charge in [-0.05, 0) is 41.5 Å². The Bertz CT molecular complexity index is 215. The number of hydrogen-bond acceptors (Lipinski definition) is 2. The van der Waals surface area contributed by atoms with Crippen LogP contribution in [0.25, 0.3) is 0 Å². The van der Waals surface area contributed by atoms with E-state index in [1.54, 1.807) is 9.34 Å². The molecule has 4 heteroatoms. The molecule has 0 N–H and O–H groups in total. The van der Waals surface area contributed by atoms with Gasteiger partial charge in [-0.3, -0.25) is 0 Å². The highest BCUT2D eigenvalue weighted by Gasteiger charge is 2.39. The van der Waals surface area contributed by atoms with Gasteiger partial charge in [-0.1, -0.05) is 0 Å². The Morgan fingerprint density at radius 3 is 1.29 bits per heavy atom.